The largest absolute Gasteiger partial charge is 0.494 e. The standard InChI is InChI=1S/C27H29ClN2O/c1-3-20(2)21-13-15-24(16-14-21)31-18-7-6-17-30-26-12-5-4-11-25(26)29-27(30)22-9-8-10-23(28)19-22/h4-5,8-16,19-20H,3,6-7,17-18H2,1-2H3. The van der Waals surface area contributed by atoms with Crippen LogP contribution in [-0.2, 0) is 6.54 Å². The normalized spacial score (nSPS) is 12.2. The summed E-state index contributed by atoms with van der Waals surface area (Å²) in [5.41, 5.74) is 4.57. The van der Waals surface area contributed by atoms with Gasteiger partial charge < -0.3 is 9.30 Å². The summed E-state index contributed by atoms with van der Waals surface area (Å²) in [5.74, 6) is 2.50. The number of para-hydroxylation sites is 2. The van der Waals surface area contributed by atoms with E-state index in [9.17, 15) is 0 Å². The molecule has 0 aliphatic rings. The van der Waals surface area contributed by atoms with Crippen molar-refractivity contribution in [2.24, 2.45) is 0 Å². The smallest absolute Gasteiger partial charge is 0.141 e. The van der Waals surface area contributed by atoms with E-state index < -0.39 is 0 Å². The maximum atomic E-state index is 6.23. The molecule has 0 saturated heterocycles. The first kappa shape index (κ1) is 21.5. The van der Waals surface area contributed by atoms with Crippen LogP contribution in [0.25, 0.3) is 22.4 Å². The molecule has 0 spiro atoms. The van der Waals surface area contributed by atoms with E-state index >= 15 is 0 Å². The van der Waals surface area contributed by atoms with Crippen molar-refractivity contribution < 1.29 is 4.74 Å². The van der Waals surface area contributed by atoms with Crippen LogP contribution in [0, 0.1) is 0 Å². The second-order valence-electron chi connectivity index (χ2n) is 8.02. The van der Waals surface area contributed by atoms with Crippen LogP contribution >= 0.6 is 11.6 Å². The predicted molar refractivity (Wildman–Crippen MR) is 130 cm³/mol. The zero-order valence-corrected chi connectivity index (χ0v) is 19.0. The minimum atomic E-state index is 0.591. The molecule has 3 nitrogen and oxygen atoms in total. The van der Waals surface area contributed by atoms with Crippen LogP contribution in [0.5, 0.6) is 5.75 Å². The molecule has 0 N–H and O–H groups in total. The van der Waals surface area contributed by atoms with Crippen LogP contribution in [0.4, 0.5) is 0 Å². The molecule has 1 aromatic heterocycles. The molecule has 0 amide bonds. The van der Waals surface area contributed by atoms with Crippen molar-refractivity contribution in [2.45, 2.75) is 45.6 Å². The van der Waals surface area contributed by atoms with E-state index in [1.54, 1.807) is 0 Å². The van der Waals surface area contributed by atoms with Gasteiger partial charge >= 0.3 is 0 Å². The lowest BCUT2D eigenvalue weighted by Crippen LogP contribution is -2.04. The molecule has 0 saturated carbocycles. The maximum Gasteiger partial charge on any atom is 0.141 e. The first-order valence-electron chi connectivity index (χ1n) is 11.1. The number of unbranched alkanes of at least 4 members (excludes halogenated alkanes) is 1. The predicted octanol–water partition coefficient (Wildman–Crippen LogP) is 7.73. The number of nitrogens with zero attached hydrogens (tertiary/aromatic N) is 2. The number of hydrogen-bond donors (Lipinski definition) is 0. The molecule has 0 aliphatic heterocycles. The quantitative estimate of drug-likeness (QED) is 0.253. The van der Waals surface area contributed by atoms with Crippen molar-refractivity contribution in [3.63, 3.8) is 0 Å². The number of hydrogen-bond acceptors (Lipinski definition) is 2. The van der Waals surface area contributed by atoms with Crippen LogP contribution in [0.3, 0.4) is 0 Å². The van der Waals surface area contributed by atoms with Gasteiger partial charge in [0.2, 0.25) is 0 Å². The van der Waals surface area contributed by atoms with E-state index in [-0.39, 0.29) is 0 Å². The van der Waals surface area contributed by atoms with E-state index in [4.69, 9.17) is 21.3 Å². The SMILES string of the molecule is CCC(C)c1ccc(OCCCCn2c(-c3cccc(Cl)c3)nc3ccccc32)cc1. The summed E-state index contributed by atoms with van der Waals surface area (Å²) in [6.07, 6.45) is 3.15. The Bertz CT molecular complexity index is 1130. The van der Waals surface area contributed by atoms with Crippen molar-refractivity contribution >= 4 is 22.6 Å². The van der Waals surface area contributed by atoms with Gasteiger partial charge in [-0.25, -0.2) is 4.98 Å². The fourth-order valence-corrected chi connectivity index (χ4v) is 4.03. The number of rotatable bonds is 9. The Labute approximate surface area is 189 Å². The Morgan fingerprint density at radius 1 is 0.968 bits per heavy atom. The number of aromatic nitrogens is 2. The van der Waals surface area contributed by atoms with Gasteiger partial charge in [0.05, 0.1) is 17.6 Å². The molecule has 3 aromatic carbocycles. The molecule has 160 valence electrons. The molecule has 1 unspecified atom stereocenters. The zero-order chi connectivity index (χ0) is 21.6. The topological polar surface area (TPSA) is 27.1 Å². The van der Waals surface area contributed by atoms with Crippen molar-refractivity contribution in [3.05, 3.63) is 83.4 Å². The van der Waals surface area contributed by atoms with Crippen molar-refractivity contribution in [2.75, 3.05) is 6.61 Å². The molecular weight excluding hydrogens is 404 g/mol. The highest BCUT2D eigenvalue weighted by molar-refractivity contribution is 6.30. The second kappa shape index (κ2) is 10.0. The van der Waals surface area contributed by atoms with E-state index in [0.717, 1.165) is 59.0 Å². The number of fused-ring (bicyclic) bond motifs is 1. The van der Waals surface area contributed by atoms with Crippen molar-refractivity contribution in [3.8, 4) is 17.1 Å². The van der Waals surface area contributed by atoms with Gasteiger partial charge in [-0.15, -0.1) is 0 Å². The summed E-state index contributed by atoms with van der Waals surface area (Å²) in [5, 5.41) is 0.726. The summed E-state index contributed by atoms with van der Waals surface area (Å²) in [6, 6.07) is 24.7. The first-order chi connectivity index (χ1) is 15.2. The minimum absolute atomic E-state index is 0.591. The van der Waals surface area contributed by atoms with Gasteiger partial charge in [0.1, 0.15) is 11.6 Å². The zero-order valence-electron chi connectivity index (χ0n) is 18.2. The Kier molecular flexibility index (Phi) is 6.93. The molecule has 4 heteroatoms. The van der Waals surface area contributed by atoms with Gasteiger partial charge in [0, 0.05) is 17.1 Å². The summed E-state index contributed by atoms with van der Waals surface area (Å²) in [4.78, 5) is 4.87. The third kappa shape index (κ3) is 5.11. The van der Waals surface area contributed by atoms with E-state index in [1.165, 1.54) is 5.56 Å². The molecule has 1 atom stereocenters. The molecule has 0 aliphatic carbocycles. The fourth-order valence-electron chi connectivity index (χ4n) is 3.84. The van der Waals surface area contributed by atoms with Crippen LogP contribution in [-0.4, -0.2) is 16.2 Å². The van der Waals surface area contributed by atoms with E-state index in [0.29, 0.717) is 12.5 Å². The minimum Gasteiger partial charge on any atom is -0.494 e. The Morgan fingerprint density at radius 2 is 1.77 bits per heavy atom. The molecular formula is C27H29ClN2O. The van der Waals surface area contributed by atoms with Gasteiger partial charge in [0.25, 0.3) is 0 Å². The molecule has 31 heavy (non-hydrogen) atoms. The lowest BCUT2D eigenvalue weighted by molar-refractivity contribution is 0.303. The second-order valence-corrected chi connectivity index (χ2v) is 8.46. The number of aryl methyl sites for hydroxylation is 1. The Balaban J connectivity index is 1.39. The Morgan fingerprint density at radius 3 is 2.55 bits per heavy atom. The summed E-state index contributed by atoms with van der Waals surface area (Å²) >= 11 is 6.23. The lowest BCUT2D eigenvalue weighted by atomic mass is 9.99. The summed E-state index contributed by atoms with van der Waals surface area (Å²) in [6.45, 7) is 6.07. The lowest BCUT2D eigenvalue weighted by Gasteiger charge is -2.12. The van der Waals surface area contributed by atoms with Crippen LogP contribution in [0.2, 0.25) is 5.02 Å². The highest BCUT2D eigenvalue weighted by Gasteiger charge is 2.12. The number of ether oxygens (including phenoxy) is 1. The molecule has 0 radical (unpaired) electrons. The third-order valence-corrected chi connectivity index (χ3v) is 6.08. The van der Waals surface area contributed by atoms with Gasteiger partial charge in [-0.3, -0.25) is 0 Å². The molecule has 0 bridgehead atoms. The average Bonchev–Trinajstić information content (AvgIpc) is 3.17. The highest BCUT2D eigenvalue weighted by Crippen LogP contribution is 2.27. The van der Waals surface area contributed by atoms with E-state index in [2.05, 4.69) is 66.9 Å². The van der Waals surface area contributed by atoms with Crippen LogP contribution < -0.4 is 4.74 Å². The maximum absolute atomic E-state index is 6.23. The Hall–Kier alpha value is -2.78. The van der Waals surface area contributed by atoms with Crippen molar-refractivity contribution in [1.82, 2.24) is 9.55 Å². The van der Waals surface area contributed by atoms with Gasteiger partial charge in [-0.1, -0.05) is 61.8 Å². The molecule has 0 fully saturated rings. The average molecular weight is 433 g/mol. The third-order valence-electron chi connectivity index (χ3n) is 5.84. The number of halogens is 1. The fraction of sp³-hybridized carbons (Fsp3) is 0.296. The van der Waals surface area contributed by atoms with Crippen LogP contribution in [0.15, 0.2) is 72.8 Å². The summed E-state index contributed by atoms with van der Waals surface area (Å²) in [7, 11) is 0. The monoisotopic (exact) mass is 432 g/mol. The number of imidazole rings is 1. The van der Waals surface area contributed by atoms with Gasteiger partial charge in [-0.2, -0.15) is 0 Å². The number of benzene rings is 3. The molecule has 1 heterocycles. The first-order valence-corrected chi connectivity index (χ1v) is 11.5. The van der Waals surface area contributed by atoms with Gasteiger partial charge in [0.15, 0.2) is 0 Å². The highest BCUT2D eigenvalue weighted by atomic mass is 35.5. The molecule has 4 aromatic rings. The molecule has 4 rings (SSSR count). The van der Waals surface area contributed by atoms with E-state index in [1.807, 2.05) is 24.3 Å². The summed E-state index contributed by atoms with van der Waals surface area (Å²) < 4.78 is 8.26. The van der Waals surface area contributed by atoms with Crippen LogP contribution in [0.1, 0.15) is 44.6 Å². The van der Waals surface area contributed by atoms with Crippen molar-refractivity contribution in [1.29, 1.82) is 0 Å². The van der Waals surface area contributed by atoms with Gasteiger partial charge in [-0.05, 0) is 67.1 Å².